The van der Waals surface area contributed by atoms with E-state index in [1.165, 1.54) is 22.5 Å². The summed E-state index contributed by atoms with van der Waals surface area (Å²) in [5.74, 6) is -1.14. The fourth-order valence-corrected chi connectivity index (χ4v) is 7.19. The molecule has 2 heterocycles. The number of aryl methyl sites for hydroxylation is 3. The van der Waals surface area contributed by atoms with Crippen molar-refractivity contribution in [2.24, 2.45) is 0 Å². The largest absolute Gasteiger partial charge is 0.317 e. The van der Waals surface area contributed by atoms with Gasteiger partial charge in [-0.15, -0.1) is 10.2 Å². The Labute approximate surface area is 190 Å². The highest BCUT2D eigenvalue weighted by Crippen LogP contribution is 2.39. The van der Waals surface area contributed by atoms with Gasteiger partial charge in [0.1, 0.15) is 10.8 Å². The Balaban J connectivity index is 1.60. The highest BCUT2D eigenvalue weighted by Gasteiger charge is 2.39. The molecule has 1 unspecified atom stereocenters. The van der Waals surface area contributed by atoms with Gasteiger partial charge in [0.25, 0.3) is 5.91 Å². The maximum Gasteiger partial charge on any atom is 0.286 e. The van der Waals surface area contributed by atoms with E-state index in [4.69, 9.17) is 0 Å². The van der Waals surface area contributed by atoms with Crippen LogP contribution in [-0.2, 0) is 10.0 Å². The zero-order valence-electron chi connectivity index (χ0n) is 17.9. The number of carbonyl (C=O) groups excluding carboxylic acids is 1. The molecule has 1 fully saturated rings. The lowest BCUT2D eigenvalue weighted by atomic mass is 10.1. The van der Waals surface area contributed by atoms with Gasteiger partial charge in [0.15, 0.2) is 0 Å². The monoisotopic (exact) mass is 474 g/mol. The molecule has 1 aliphatic rings. The average Bonchev–Trinajstić information content (AvgIpc) is 3.38. The van der Waals surface area contributed by atoms with Gasteiger partial charge >= 0.3 is 0 Å². The van der Waals surface area contributed by atoms with Crippen LogP contribution in [0.2, 0.25) is 0 Å². The van der Waals surface area contributed by atoms with Crippen molar-refractivity contribution in [2.75, 3.05) is 11.9 Å². The summed E-state index contributed by atoms with van der Waals surface area (Å²) in [5.41, 5.74) is 2.46. The Bertz CT molecular complexity index is 1270. The lowest BCUT2D eigenvalue weighted by Gasteiger charge is -2.24. The highest BCUT2D eigenvalue weighted by atomic mass is 32.2. The first kappa shape index (κ1) is 22.5. The van der Waals surface area contributed by atoms with Gasteiger partial charge in [0.2, 0.25) is 15.0 Å². The molecular weight excluding hydrogens is 451 g/mol. The molecule has 10 heteroatoms. The standard InChI is InChI=1S/C22H23FN4O3S2/c1-13-11-14(2)19(15(3)12-13)32(29,30)27-10-6-9-18(27)21-25-26-22(31-21)20(28)24-17-8-5-4-7-16(17)23/h4-5,7-8,11-12,18H,6,9-10H2,1-3H3,(H,24,28). The molecular formula is C22H23FN4O3S2. The van der Waals surface area contributed by atoms with Crippen molar-refractivity contribution in [2.45, 2.75) is 44.6 Å². The Morgan fingerprint density at radius 1 is 1.16 bits per heavy atom. The van der Waals surface area contributed by atoms with Gasteiger partial charge in [-0.05, 0) is 56.9 Å². The summed E-state index contributed by atoms with van der Waals surface area (Å²) >= 11 is 1.03. The van der Waals surface area contributed by atoms with Gasteiger partial charge in [-0.2, -0.15) is 4.31 Å². The number of hydrogen-bond acceptors (Lipinski definition) is 6. The first-order valence-corrected chi connectivity index (χ1v) is 12.4. The summed E-state index contributed by atoms with van der Waals surface area (Å²) in [5, 5.41) is 11.0. The predicted molar refractivity (Wildman–Crippen MR) is 121 cm³/mol. The number of carbonyl (C=O) groups is 1. The number of halogens is 1. The van der Waals surface area contributed by atoms with Crippen molar-refractivity contribution in [3.05, 3.63) is 68.9 Å². The minimum Gasteiger partial charge on any atom is -0.317 e. The second-order valence-corrected chi connectivity index (χ2v) is 10.7. The number of benzene rings is 2. The van der Waals surface area contributed by atoms with Crippen LogP contribution in [-0.4, -0.2) is 35.4 Å². The van der Waals surface area contributed by atoms with Gasteiger partial charge < -0.3 is 5.32 Å². The van der Waals surface area contributed by atoms with E-state index < -0.39 is 27.8 Å². The molecule has 1 amide bonds. The van der Waals surface area contributed by atoms with E-state index in [1.54, 1.807) is 19.9 Å². The van der Waals surface area contributed by atoms with Crippen LogP contribution < -0.4 is 5.32 Å². The quantitative estimate of drug-likeness (QED) is 0.592. The molecule has 1 aliphatic heterocycles. The van der Waals surface area contributed by atoms with Crippen LogP contribution in [0.1, 0.15) is 50.4 Å². The van der Waals surface area contributed by atoms with Gasteiger partial charge in [0, 0.05) is 6.54 Å². The number of hydrogen-bond donors (Lipinski definition) is 1. The first-order chi connectivity index (χ1) is 15.2. The number of nitrogens with zero attached hydrogens (tertiary/aromatic N) is 3. The Morgan fingerprint density at radius 2 is 1.84 bits per heavy atom. The number of nitrogens with one attached hydrogen (secondary N) is 1. The topological polar surface area (TPSA) is 92.3 Å². The van der Waals surface area contributed by atoms with Crippen LogP contribution in [0.4, 0.5) is 10.1 Å². The summed E-state index contributed by atoms with van der Waals surface area (Å²) in [6.45, 7) is 5.91. The Kier molecular flexibility index (Phi) is 6.11. The molecule has 168 valence electrons. The minimum atomic E-state index is -3.76. The molecule has 4 rings (SSSR count). The molecule has 3 aromatic rings. The van der Waals surface area contributed by atoms with E-state index in [-0.39, 0.29) is 10.7 Å². The molecule has 1 N–H and O–H groups in total. The third-order valence-corrected chi connectivity index (χ3v) is 8.65. The maximum absolute atomic E-state index is 13.8. The fourth-order valence-electron chi connectivity index (χ4n) is 4.16. The van der Waals surface area contributed by atoms with Crippen molar-refractivity contribution in [1.82, 2.24) is 14.5 Å². The zero-order chi connectivity index (χ0) is 23.0. The molecule has 0 spiro atoms. The van der Waals surface area contributed by atoms with Crippen molar-refractivity contribution >= 4 is 33.0 Å². The van der Waals surface area contributed by atoms with Crippen LogP contribution in [0.25, 0.3) is 0 Å². The molecule has 0 radical (unpaired) electrons. The predicted octanol–water partition coefficient (Wildman–Crippen LogP) is 4.38. The summed E-state index contributed by atoms with van der Waals surface area (Å²) in [6.07, 6.45) is 1.27. The molecule has 32 heavy (non-hydrogen) atoms. The van der Waals surface area contributed by atoms with E-state index in [2.05, 4.69) is 15.5 Å². The third kappa shape index (κ3) is 4.17. The van der Waals surface area contributed by atoms with E-state index in [1.807, 2.05) is 19.1 Å². The SMILES string of the molecule is Cc1cc(C)c(S(=O)(=O)N2CCCC2c2nnc(C(=O)Nc3ccccc3F)s2)c(C)c1. The molecule has 0 bridgehead atoms. The highest BCUT2D eigenvalue weighted by molar-refractivity contribution is 7.89. The van der Waals surface area contributed by atoms with E-state index in [0.717, 1.165) is 16.9 Å². The number of para-hydroxylation sites is 1. The van der Waals surface area contributed by atoms with Crippen LogP contribution in [0.15, 0.2) is 41.3 Å². The number of sulfonamides is 1. The molecule has 0 saturated carbocycles. The minimum absolute atomic E-state index is 0.0460. The van der Waals surface area contributed by atoms with Gasteiger partial charge in [-0.3, -0.25) is 4.79 Å². The average molecular weight is 475 g/mol. The van der Waals surface area contributed by atoms with E-state index in [9.17, 15) is 17.6 Å². The maximum atomic E-state index is 13.8. The molecule has 1 saturated heterocycles. The summed E-state index contributed by atoms with van der Waals surface area (Å²) in [7, 11) is -3.76. The first-order valence-electron chi connectivity index (χ1n) is 10.2. The Morgan fingerprint density at radius 3 is 2.53 bits per heavy atom. The van der Waals surface area contributed by atoms with E-state index >= 15 is 0 Å². The number of anilines is 1. The van der Waals surface area contributed by atoms with Crippen LogP contribution >= 0.6 is 11.3 Å². The lowest BCUT2D eigenvalue weighted by molar-refractivity contribution is 0.102. The van der Waals surface area contributed by atoms with E-state index in [0.29, 0.717) is 40.4 Å². The number of amides is 1. The zero-order valence-corrected chi connectivity index (χ0v) is 19.6. The molecule has 1 atom stereocenters. The van der Waals surface area contributed by atoms with Gasteiger partial charge in [-0.25, -0.2) is 12.8 Å². The third-order valence-electron chi connectivity index (χ3n) is 5.42. The molecule has 2 aromatic carbocycles. The summed E-state index contributed by atoms with van der Waals surface area (Å²) < 4.78 is 42.4. The molecule has 7 nitrogen and oxygen atoms in total. The van der Waals surface area contributed by atoms with Crippen LogP contribution in [0, 0.1) is 26.6 Å². The van der Waals surface area contributed by atoms with Crippen LogP contribution in [0.3, 0.4) is 0 Å². The van der Waals surface area contributed by atoms with Crippen molar-refractivity contribution in [3.63, 3.8) is 0 Å². The number of aromatic nitrogens is 2. The van der Waals surface area contributed by atoms with Crippen molar-refractivity contribution < 1.29 is 17.6 Å². The second kappa shape index (κ2) is 8.68. The van der Waals surface area contributed by atoms with Gasteiger partial charge in [0.05, 0.1) is 16.6 Å². The Hall–Kier alpha value is -2.69. The van der Waals surface area contributed by atoms with Crippen LogP contribution in [0.5, 0.6) is 0 Å². The van der Waals surface area contributed by atoms with Crippen molar-refractivity contribution in [1.29, 1.82) is 0 Å². The smallest absolute Gasteiger partial charge is 0.286 e. The molecule has 0 aliphatic carbocycles. The lowest BCUT2D eigenvalue weighted by Crippen LogP contribution is -2.31. The number of rotatable bonds is 5. The summed E-state index contributed by atoms with van der Waals surface area (Å²) in [6, 6.07) is 9.07. The second-order valence-electron chi connectivity index (χ2n) is 7.88. The normalized spacial score (nSPS) is 16.9. The fraction of sp³-hybridized carbons (Fsp3) is 0.318. The molecule has 1 aromatic heterocycles. The summed E-state index contributed by atoms with van der Waals surface area (Å²) in [4.78, 5) is 12.8. The van der Waals surface area contributed by atoms with Crippen molar-refractivity contribution in [3.8, 4) is 0 Å². The van der Waals surface area contributed by atoms with Gasteiger partial charge in [-0.1, -0.05) is 41.2 Å².